The number of para-hydroxylation sites is 1. The SMILES string of the molecule is Cc1cnc(NC(=O)c2cccc3[nH]c(-c4c(C(F)(F)F)nn(C)c4Cl)nc23)s1. The predicted octanol–water partition coefficient (Wildman–Crippen LogP) is 4.65. The van der Waals surface area contributed by atoms with Crippen LogP contribution in [0, 0.1) is 6.92 Å². The number of imidazole rings is 1. The Balaban J connectivity index is 1.81. The number of amides is 1. The molecule has 3 aromatic heterocycles. The quantitative estimate of drug-likeness (QED) is 0.485. The van der Waals surface area contributed by atoms with Crippen LogP contribution in [0.5, 0.6) is 0 Å². The van der Waals surface area contributed by atoms with Crippen molar-refractivity contribution in [1.29, 1.82) is 0 Å². The Hall–Kier alpha value is -2.92. The van der Waals surface area contributed by atoms with Gasteiger partial charge in [0.25, 0.3) is 5.91 Å². The Kier molecular flexibility index (Phi) is 4.58. The highest BCUT2D eigenvalue weighted by Crippen LogP contribution is 2.40. The molecule has 1 aromatic carbocycles. The van der Waals surface area contributed by atoms with Crippen LogP contribution < -0.4 is 5.32 Å². The average molecular weight is 441 g/mol. The monoisotopic (exact) mass is 440 g/mol. The zero-order valence-corrected chi connectivity index (χ0v) is 16.5. The molecule has 0 unspecified atom stereocenters. The first-order valence-electron chi connectivity index (χ1n) is 8.17. The maximum Gasteiger partial charge on any atom is 0.435 e. The molecule has 4 aromatic rings. The van der Waals surface area contributed by atoms with E-state index in [0.717, 1.165) is 9.56 Å². The van der Waals surface area contributed by atoms with Crippen molar-refractivity contribution in [3.8, 4) is 11.4 Å². The molecule has 4 rings (SSSR count). The number of thiazole rings is 1. The van der Waals surface area contributed by atoms with Crippen molar-refractivity contribution in [1.82, 2.24) is 24.7 Å². The Bertz CT molecular complexity index is 1240. The summed E-state index contributed by atoms with van der Waals surface area (Å²) in [5, 5.41) is 6.31. The van der Waals surface area contributed by atoms with Gasteiger partial charge < -0.3 is 4.98 Å². The second-order valence-corrected chi connectivity index (χ2v) is 7.75. The van der Waals surface area contributed by atoms with Gasteiger partial charge in [0.2, 0.25) is 0 Å². The summed E-state index contributed by atoms with van der Waals surface area (Å²) in [5.41, 5.74) is -0.753. The van der Waals surface area contributed by atoms with Crippen LogP contribution in [-0.2, 0) is 13.2 Å². The van der Waals surface area contributed by atoms with Gasteiger partial charge in [-0.3, -0.25) is 14.8 Å². The van der Waals surface area contributed by atoms with Crippen molar-refractivity contribution in [3.05, 3.63) is 45.7 Å². The van der Waals surface area contributed by atoms with E-state index in [4.69, 9.17) is 11.6 Å². The largest absolute Gasteiger partial charge is 0.435 e. The zero-order valence-electron chi connectivity index (χ0n) is 14.9. The topological polar surface area (TPSA) is 88.5 Å². The van der Waals surface area contributed by atoms with Gasteiger partial charge in [-0.1, -0.05) is 17.7 Å². The maximum absolute atomic E-state index is 13.4. The minimum absolute atomic E-state index is 0.129. The normalized spacial score (nSPS) is 11.9. The fraction of sp³-hybridized carbons (Fsp3) is 0.176. The third-order valence-electron chi connectivity index (χ3n) is 4.08. The van der Waals surface area contributed by atoms with Gasteiger partial charge in [-0.15, -0.1) is 11.3 Å². The number of carbonyl (C=O) groups is 1. The van der Waals surface area contributed by atoms with Crippen LogP contribution in [0.25, 0.3) is 22.4 Å². The van der Waals surface area contributed by atoms with E-state index in [9.17, 15) is 18.0 Å². The molecule has 3 heterocycles. The van der Waals surface area contributed by atoms with Crippen LogP contribution in [0.1, 0.15) is 20.9 Å². The van der Waals surface area contributed by atoms with E-state index < -0.39 is 17.8 Å². The van der Waals surface area contributed by atoms with Crippen molar-refractivity contribution in [2.45, 2.75) is 13.1 Å². The number of benzene rings is 1. The van der Waals surface area contributed by atoms with Crippen LogP contribution in [-0.4, -0.2) is 30.6 Å². The summed E-state index contributed by atoms with van der Waals surface area (Å²) >= 11 is 7.35. The third kappa shape index (κ3) is 3.47. The molecule has 12 heteroatoms. The number of carbonyl (C=O) groups excluding carboxylic acids is 1. The number of rotatable bonds is 3. The number of fused-ring (bicyclic) bond motifs is 1. The number of aromatic nitrogens is 5. The van der Waals surface area contributed by atoms with Crippen LogP contribution in [0.3, 0.4) is 0 Å². The molecule has 0 fully saturated rings. The van der Waals surface area contributed by atoms with Crippen LogP contribution >= 0.6 is 22.9 Å². The zero-order chi connectivity index (χ0) is 20.9. The molecule has 0 saturated carbocycles. The summed E-state index contributed by atoms with van der Waals surface area (Å²) in [6.45, 7) is 1.85. The first kappa shape index (κ1) is 19.4. The van der Waals surface area contributed by atoms with E-state index >= 15 is 0 Å². The first-order chi connectivity index (χ1) is 13.6. The molecule has 150 valence electrons. The molecule has 2 N–H and O–H groups in total. The standard InChI is InChI=1S/C17H12ClF3N6OS/c1-7-6-22-16(29-7)25-15(28)8-4-3-5-9-11(8)24-14(23-9)10-12(17(19,20)21)26-27(2)13(10)18/h3-6H,1-2H3,(H,23,24)(H,22,25,28). The Labute approximate surface area is 170 Å². The van der Waals surface area contributed by atoms with Crippen molar-refractivity contribution >= 4 is 45.0 Å². The number of alkyl halides is 3. The van der Waals surface area contributed by atoms with Crippen molar-refractivity contribution in [3.63, 3.8) is 0 Å². The molecule has 1 amide bonds. The summed E-state index contributed by atoms with van der Waals surface area (Å²) in [7, 11) is 1.30. The molecule has 0 bridgehead atoms. The van der Waals surface area contributed by atoms with Gasteiger partial charge in [-0.25, -0.2) is 9.97 Å². The van der Waals surface area contributed by atoms with Gasteiger partial charge in [0.05, 0.1) is 16.6 Å². The van der Waals surface area contributed by atoms with Gasteiger partial charge in [0.15, 0.2) is 10.8 Å². The lowest BCUT2D eigenvalue weighted by atomic mass is 10.2. The van der Waals surface area contributed by atoms with E-state index in [0.29, 0.717) is 10.6 Å². The van der Waals surface area contributed by atoms with E-state index in [2.05, 4.69) is 25.4 Å². The molecular weight excluding hydrogens is 429 g/mol. The van der Waals surface area contributed by atoms with Gasteiger partial charge >= 0.3 is 6.18 Å². The number of hydrogen-bond donors (Lipinski definition) is 2. The fourth-order valence-corrected chi connectivity index (χ4v) is 3.70. The Morgan fingerprint density at radius 2 is 2.10 bits per heavy atom. The van der Waals surface area contributed by atoms with Crippen molar-refractivity contribution < 1.29 is 18.0 Å². The number of aromatic amines is 1. The highest BCUT2D eigenvalue weighted by atomic mass is 35.5. The highest BCUT2D eigenvalue weighted by Gasteiger charge is 2.40. The second kappa shape index (κ2) is 6.85. The first-order valence-corrected chi connectivity index (χ1v) is 9.37. The summed E-state index contributed by atoms with van der Waals surface area (Å²) in [6, 6.07) is 4.73. The summed E-state index contributed by atoms with van der Waals surface area (Å²) in [4.78, 5) is 24.7. The number of nitrogens with zero attached hydrogens (tertiary/aromatic N) is 4. The lowest BCUT2D eigenvalue weighted by Crippen LogP contribution is -2.12. The molecule has 29 heavy (non-hydrogen) atoms. The highest BCUT2D eigenvalue weighted by molar-refractivity contribution is 7.15. The predicted molar refractivity (Wildman–Crippen MR) is 103 cm³/mol. The molecule has 0 spiro atoms. The molecule has 0 aliphatic heterocycles. The van der Waals surface area contributed by atoms with E-state index in [1.807, 2.05) is 6.92 Å². The van der Waals surface area contributed by atoms with Crippen molar-refractivity contribution in [2.24, 2.45) is 7.05 Å². The Morgan fingerprint density at radius 1 is 1.34 bits per heavy atom. The fourth-order valence-electron chi connectivity index (χ4n) is 2.82. The van der Waals surface area contributed by atoms with Crippen molar-refractivity contribution in [2.75, 3.05) is 5.32 Å². The van der Waals surface area contributed by atoms with Crippen LogP contribution in [0.15, 0.2) is 24.4 Å². The summed E-state index contributed by atoms with van der Waals surface area (Å²) in [5.74, 6) is -0.605. The van der Waals surface area contributed by atoms with Gasteiger partial charge in [-0.05, 0) is 19.1 Å². The number of halogens is 4. The number of anilines is 1. The third-order valence-corrected chi connectivity index (χ3v) is 5.34. The minimum atomic E-state index is -4.72. The lowest BCUT2D eigenvalue weighted by Gasteiger charge is -2.04. The van der Waals surface area contributed by atoms with Crippen LogP contribution in [0.4, 0.5) is 18.3 Å². The van der Waals surface area contributed by atoms with E-state index in [1.165, 1.54) is 24.5 Å². The molecular formula is C17H12ClF3N6OS. The van der Waals surface area contributed by atoms with Gasteiger partial charge in [-0.2, -0.15) is 18.3 Å². The summed E-state index contributed by atoms with van der Waals surface area (Å²) in [6.07, 6.45) is -3.10. The number of aryl methyl sites for hydroxylation is 2. The van der Waals surface area contributed by atoms with Gasteiger partial charge in [0.1, 0.15) is 16.5 Å². The van der Waals surface area contributed by atoms with E-state index in [-0.39, 0.29) is 27.6 Å². The minimum Gasteiger partial charge on any atom is -0.338 e. The molecule has 0 saturated heterocycles. The van der Waals surface area contributed by atoms with E-state index in [1.54, 1.807) is 18.3 Å². The number of hydrogen-bond acceptors (Lipinski definition) is 5. The molecule has 0 atom stereocenters. The maximum atomic E-state index is 13.4. The second-order valence-electron chi connectivity index (χ2n) is 6.15. The lowest BCUT2D eigenvalue weighted by molar-refractivity contribution is -0.141. The smallest absolute Gasteiger partial charge is 0.338 e. The van der Waals surface area contributed by atoms with Gasteiger partial charge in [0, 0.05) is 18.1 Å². The summed E-state index contributed by atoms with van der Waals surface area (Å²) < 4.78 is 41.1. The Morgan fingerprint density at radius 3 is 2.76 bits per heavy atom. The molecule has 0 aliphatic carbocycles. The number of nitrogens with one attached hydrogen (secondary N) is 2. The number of H-pyrrole nitrogens is 1. The molecule has 0 radical (unpaired) electrons. The molecule has 7 nitrogen and oxygen atoms in total. The average Bonchev–Trinajstić information content (AvgIpc) is 3.32. The molecule has 0 aliphatic rings. The van der Waals surface area contributed by atoms with Crippen LogP contribution in [0.2, 0.25) is 5.15 Å².